The summed E-state index contributed by atoms with van der Waals surface area (Å²) in [6.45, 7) is 1.58. The fraction of sp³-hybridized carbons (Fsp3) is 0.444. The maximum atomic E-state index is 12.6. The van der Waals surface area contributed by atoms with Gasteiger partial charge in [-0.2, -0.15) is 4.39 Å². The van der Waals surface area contributed by atoms with Crippen LogP contribution in [0.25, 0.3) is 0 Å². The van der Waals surface area contributed by atoms with Gasteiger partial charge >= 0.3 is 6.43 Å². The quantitative estimate of drug-likeness (QED) is 0.754. The van der Waals surface area contributed by atoms with Crippen LogP contribution in [0.15, 0.2) is 12.3 Å². The number of pyridine rings is 1. The lowest BCUT2D eigenvalue weighted by atomic mass is 10.2. The topological polar surface area (TPSA) is 22.1 Å². The van der Waals surface area contributed by atoms with Gasteiger partial charge in [-0.3, -0.25) is 4.98 Å². The third-order valence-electron chi connectivity index (χ3n) is 1.82. The summed E-state index contributed by atoms with van der Waals surface area (Å²) < 4.78 is 40.8. The molecule has 1 rings (SSSR count). The van der Waals surface area contributed by atoms with Crippen molar-refractivity contribution in [3.05, 3.63) is 23.5 Å². The SMILES string of the molecule is Cc1c(OC(F)C(F)F)ccnc1CCl. The molecule has 0 aliphatic carbocycles. The van der Waals surface area contributed by atoms with Crippen LogP contribution in [0.3, 0.4) is 0 Å². The third-order valence-corrected chi connectivity index (χ3v) is 2.08. The van der Waals surface area contributed by atoms with Crippen molar-refractivity contribution in [1.82, 2.24) is 4.98 Å². The highest BCUT2D eigenvalue weighted by Gasteiger charge is 2.22. The Balaban J connectivity index is 2.86. The molecule has 0 fully saturated rings. The van der Waals surface area contributed by atoms with Gasteiger partial charge in [-0.05, 0) is 13.0 Å². The van der Waals surface area contributed by atoms with E-state index in [0.717, 1.165) is 0 Å². The van der Waals surface area contributed by atoms with Gasteiger partial charge in [0.2, 0.25) is 0 Å². The smallest absolute Gasteiger partial charge is 0.304 e. The van der Waals surface area contributed by atoms with E-state index in [9.17, 15) is 13.2 Å². The Kier molecular flexibility index (Phi) is 4.20. The van der Waals surface area contributed by atoms with Gasteiger partial charge in [0, 0.05) is 11.8 Å². The van der Waals surface area contributed by atoms with Crippen molar-refractivity contribution in [3.8, 4) is 5.75 Å². The standard InChI is InChI=1S/C9H9ClF3NO/c1-5-6(4-10)14-3-2-7(5)15-9(13)8(11)12/h2-3,8-9H,4H2,1H3. The largest absolute Gasteiger partial charge is 0.454 e. The van der Waals surface area contributed by atoms with Crippen LogP contribution in [0.1, 0.15) is 11.3 Å². The molecular weight excluding hydrogens is 231 g/mol. The molecule has 0 bridgehead atoms. The van der Waals surface area contributed by atoms with E-state index in [4.69, 9.17) is 11.6 Å². The fourth-order valence-electron chi connectivity index (χ4n) is 0.994. The zero-order valence-corrected chi connectivity index (χ0v) is 8.64. The highest BCUT2D eigenvalue weighted by atomic mass is 35.5. The number of rotatable bonds is 4. The fourth-order valence-corrected chi connectivity index (χ4v) is 1.26. The second kappa shape index (κ2) is 5.21. The van der Waals surface area contributed by atoms with Crippen molar-refractivity contribution in [2.75, 3.05) is 0 Å². The first-order valence-corrected chi connectivity index (χ1v) is 4.69. The first-order valence-electron chi connectivity index (χ1n) is 4.15. The van der Waals surface area contributed by atoms with Gasteiger partial charge in [0.25, 0.3) is 6.36 Å². The maximum Gasteiger partial charge on any atom is 0.304 e. The summed E-state index contributed by atoms with van der Waals surface area (Å²) in [5.74, 6) is 0.155. The van der Waals surface area contributed by atoms with Crippen molar-refractivity contribution < 1.29 is 17.9 Å². The van der Waals surface area contributed by atoms with Crippen molar-refractivity contribution >= 4 is 11.6 Å². The van der Waals surface area contributed by atoms with Crippen LogP contribution in [0.4, 0.5) is 13.2 Å². The first-order chi connectivity index (χ1) is 7.06. The summed E-state index contributed by atoms with van der Waals surface area (Å²) in [5, 5.41) is 0. The van der Waals surface area contributed by atoms with Crippen molar-refractivity contribution in [3.63, 3.8) is 0 Å². The van der Waals surface area contributed by atoms with E-state index in [1.807, 2.05) is 0 Å². The monoisotopic (exact) mass is 239 g/mol. The zero-order valence-electron chi connectivity index (χ0n) is 7.88. The number of hydrogen-bond donors (Lipinski definition) is 0. The van der Waals surface area contributed by atoms with E-state index in [2.05, 4.69) is 9.72 Å². The van der Waals surface area contributed by atoms with Gasteiger partial charge in [0.1, 0.15) is 5.75 Å². The van der Waals surface area contributed by atoms with Crippen molar-refractivity contribution in [2.24, 2.45) is 0 Å². The Bertz CT molecular complexity index is 335. The molecule has 0 aliphatic heterocycles. The van der Waals surface area contributed by atoms with E-state index >= 15 is 0 Å². The number of alkyl halides is 4. The van der Waals surface area contributed by atoms with Crippen LogP contribution in [-0.2, 0) is 5.88 Å². The number of aromatic nitrogens is 1. The molecule has 6 heteroatoms. The van der Waals surface area contributed by atoms with E-state index in [1.165, 1.54) is 12.3 Å². The van der Waals surface area contributed by atoms with Crippen LogP contribution < -0.4 is 4.74 Å². The number of nitrogens with zero attached hydrogens (tertiary/aromatic N) is 1. The molecule has 0 aliphatic rings. The molecule has 84 valence electrons. The van der Waals surface area contributed by atoms with Crippen molar-refractivity contribution in [2.45, 2.75) is 25.6 Å². The minimum absolute atomic E-state index is 0.0356. The average Bonchev–Trinajstić information content (AvgIpc) is 2.21. The lowest BCUT2D eigenvalue weighted by Crippen LogP contribution is -2.20. The second-order valence-electron chi connectivity index (χ2n) is 2.82. The molecule has 0 spiro atoms. The van der Waals surface area contributed by atoms with Crippen LogP contribution in [0.5, 0.6) is 5.75 Å². The zero-order chi connectivity index (χ0) is 11.4. The number of ether oxygens (including phenoxy) is 1. The van der Waals surface area contributed by atoms with Gasteiger partial charge in [-0.1, -0.05) is 0 Å². The molecule has 15 heavy (non-hydrogen) atoms. The Morgan fingerprint density at radius 2 is 2.13 bits per heavy atom. The molecule has 1 unspecified atom stereocenters. The van der Waals surface area contributed by atoms with Gasteiger partial charge < -0.3 is 4.74 Å². The lowest BCUT2D eigenvalue weighted by molar-refractivity contribution is -0.0672. The number of hydrogen-bond acceptors (Lipinski definition) is 2. The molecule has 2 nitrogen and oxygen atoms in total. The molecule has 0 saturated carbocycles. The molecule has 0 radical (unpaired) electrons. The second-order valence-corrected chi connectivity index (χ2v) is 3.09. The van der Waals surface area contributed by atoms with Crippen LogP contribution in [-0.4, -0.2) is 17.8 Å². The van der Waals surface area contributed by atoms with Crippen LogP contribution in [0.2, 0.25) is 0 Å². The maximum absolute atomic E-state index is 12.6. The predicted octanol–water partition coefficient (Wildman–Crippen LogP) is 3.07. The highest BCUT2D eigenvalue weighted by Crippen LogP contribution is 2.23. The molecular formula is C9H9ClF3NO. The summed E-state index contributed by atoms with van der Waals surface area (Å²) >= 11 is 5.54. The number of halogens is 4. The molecule has 0 N–H and O–H groups in total. The molecule has 1 aromatic heterocycles. The van der Waals surface area contributed by atoms with E-state index in [-0.39, 0.29) is 11.6 Å². The van der Waals surface area contributed by atoms with Gasteiger partial charge in [0.05, 0.1) is 11.6 Å². The summed E-state index contributed by atoms with van der Waals surface area (Å²) in [6, 6.07) is 1.32. The van der Waals surface area contributed by atoms with Gasteiger partial charge in [0.15, 0.2) is 0 Å². The van der Waals surface area contributed by atoms with Crippen LogP contribution in [0, 0.1) is 6.92 Å². The molecule has 1 atom stereocenters. The molecule has 0 amide bonds. The van der Waals surface area contributed by atoms with Crippen molar-refractivity contribution in [1.29, 1.82) is 0 Å². The van der Waals surface area contributed by atoms with E-state index in [0.29, 0.717) is 11.3 Å². The lowest BCUT2D eigenvalue weighted by Gasteiger charge is -2.13. The summed E-state index contributed by atoms with van der Waals surface area (Å²) in [6.07, 6.45) is -4.47. The Hall–Kier alpha value is -0.970. The van der Waals surface area contributed by atoms with Crippen LogP contribution >= 0.6 is 11.6 Å². The predicted molar refractivity (Wildman–Crippen MR) is 50.1 cm³/mol. The Labute approximate surface area is 90.0 Å². The first kappa shape index (κ1) is 12.1. The van der Waals surface area contributed by atoms with Gasteiger partial charge in [-0.25, -0.2) is 8.78 Å². The highest BCUT2D eigenvalue weighted by molar-refractivity contribution is 6.17. The molecule has 1 aromatic rings. The summed E-state index contributed by atoms with van der Waals surface area (Å²) in [4.78, 5) is 3.89. The normalized spacial score (nSPS) is 12.9. The Morgan fingerprint density at radius 1 is 1.47 bits per heavy atom. The third kappa shape index (κ3) is 2.99. The minimum atomic E-state index is -3.17. The van der Waals surface area contributed by atoms with E-state index in [1.54, 1.807) is 6.92 Å². The minimum Gasteiger partial charge on any atom is -0.454 e. The summed E-state index contributed by atoms with van der Waals surface area (Å²) in [5.41, 5.74) is 0.950. The molecule has 1 heterocycles. The average molecular weight is 240 g/mol. The van der Waals surface area contributed by atoms with E-state index < -0.39 is 12.8 Å². The van der Waals surface area contributed by atoms with Gasteiger partial charge in [-0.15, -0.1) is 11.6 Å². The Morgan fingerprint density at radius 3 is 2.67 bits per heavy atom. The summed E-state index contributed by atoms with van der Waals surface area (Å²) in [7, 11) is 0. The molecule has 0 saturated heterocycles. The molecule has 0 aromatic carbocycles.